The molecule has 0 unspecified atom stereocenters. The fraction of sp³-hybridized carbons (Fsp3) is 0.667. The topological polar surface area (TPSA) is 74.6 Å². The van der Waals surface area contributed by atoms with Gasteiger partial charge in [-0.2, -0.15) is 0 Å². The molecule has 0 rings (SSSR count). The largest absolute Gasteiger partial charge is 0.481 e. The summed E-state index contributed by atoms with van der Waals surface area (Å²) in [5.41, 5.74) is 0. The van der Waals surface area contributed by atoms with Crippen LogP contribution in [-0.2, 0) is 9.59 Å². The Balaban J connectivity index is -0.000000107. The van der Waals surface area contributed by atoms with Gasteiger partial charge in [-0.05, 0) is 0 Å². The standard InChI is InChI=1S/2C3H6O2.Ba/c2*1-2-3(4)5;/h2*2H2,1H3,(H,4,5);. The van der Waals surface area contributed by atoms with Crippen LogP contribution in [0.3, 0.4) is 0 Å². The van der Waals surface area contributed by atoms with Crippen LogP contribution in [0.5, 0.6) is 0 Å². The van der Waals surface area contributed by atoms with Crippen molar-refractivity contribution < 1.29 is 19.8 Å². The van der Waals surface area contributed by atoms with E-state index in [0.717, 1.165) is 0 Å². The van der Waals surface area contributed by atoms with E-state index in [1.807, 2.05) is 0 Å². The molecule has 0 saturated heterocycles. The number of rotatable bonds is 2. The molecule has 2 radical (unpaired) electrons. The van der Waals surface area contributed by atoms with E-state index in [0.29, 0.717) is 0 Å². The van der Waals surface area contributed by atoms with Gasteiger partial charge in [0.25, 0.3) is 0 Å². The molecule has 2 N–H and O–H groups in total. The molecule has 0 amide bonds. The second kappa shape index (κ2) is 13.1. The molecule has 0 spiro atoms. The molecule has 0 bridgehead atoms. The van der Waals surface area contributed by atoms with Gasteiger partial charge in [0.05, 0.1) is 0 Å². The minimum Gasteiger partial charge on any atom is -0.481 e. The van der Waals surface area contributed by atoms with Gasteiger partial charge in [0.2, 0.25) is 0 Å². The normalized spacial score (nSPS) is 6.73. The summed E-state index contributed by atoms with van der Waals surface area (Å²) in [5.74, 6) is -1.49. The maximum Gasteiger partial charge on any atom is 0.303 e. The van der Waals surface area contributed by atoms with Crippen LogP contribution in [-0.4, -0.2) is 71.0 Å². The average Bonchev–Trinajstić information content (AvgIpc) is 1.89. The summed E-state index contributed by atoms with van der Waals surface area (Å²) in [6, 6.07) is 0. The first-order valence-corrected chi connectivity index (χ1v) is 2.98. The Labute approximate surface area is 106 Å². The van der Waals surface area contributed by atoms with Crippen LogP contribution in [0.25, 0.3) is 0 Å². The molecule has 0 aliphatic rings. The molecular weight excluding hydrogens is 273 g/mol. The maximum absolute atomic E-state index is 9.37. The Kier molecular flexibility index (Phi) is 21.0. The Morgan fingerprint density at radius 3 is 1.09 bits per heavy atom. The fourth-order valence-corrected chi connectivity index (χ4v) is 0. The van der Waals surface area contributed by atoms with Crippen LogP contribution in [0.2, 0.25) is 0 Å². The summed E-state index contributed by atoms with van der Waals surface area (Å²) >= 11 is 0. The molecule has 0 heterocycles. The first-order chi connectivity index (χ1) is 4.54. The van der Waals surface area contributed by atoms with Gasteiger partial charge in [-0.1, -0.05) is 13.8 Å². The van der Waals surface area contributed by atoms with E-state index in [1.54, 1.807) is 13.8 Å². The van der Waals surface area contributed by atoms with Crippen molar-refractivity contribution in [2.45, 2.75) is 26.7 Å². The molecule has 5 heteroatoms. The van der Waals surface area contributed by atoms with Crippen LogP contribution in [0.15, 0.2) is 0 Å². The Hall–Kier alpha value is 0.511. The number of aliphatic carboxylic acids is 2. The quantitative estimate of drug-likeness (QED) is 0.728. The van der Waals surface area contributed by atoms with Crippen molar-refractivity contribution in [3.8, 4) is 0 Å². The molecule has 0 aliphatic carbocycles. The van der Waals surface area contributed by atoms with Gasteiger partial charge in [0.1, 0.15) is 0 Å². The predicted octanol–water partition coefficient (Wildman–Crippen LogP) is 0.581. The van der Waals surface area contributed by atoms with Crippen LogP contribution >= 0.6 is 0 Å². The number of carboxylic acids is 2. The van der Waals surface area contributed by atoms with E-state index in [2.05, 4.69) is 0 Å². The number of carboxylic acid groups (broad SMARTS) is 2. The zero-order chi connectivity index (χ0) is 8.57. The molecule has 0 atom stereocenters. The first kappa shape index (κ1) is 17.6. The van der Waals surface area contributed by atoms with Crippen LogP contribution < -0.4 is 0 Å². The summed E-state index contributed by atoms with van der Waals surface area (Å²) in [6.45, 7) is 3.20. The zero-order valence-corrected chi connectivity index (χ0v) is 11.3. The second-order valence-corrected chi connectivity index (χ2v) is 1.49. The summed E-state index contributed by atoms with van der Waals surface area (Å²) in [7, 11) is 0. The van der Waals surface area contributed by atoms with Gasteiger partial charge in [-0.25, -0.2) is 0 Å². The van der Waals surface area contributed by atoms with Gasteiger partial charge in [0.15, 0.2) is 0 Å². The van der Waals surface area contributed by atoms with Crippen molar-refractivity contribution in [3.05, 3.63) is 0 Å². The molecular formula is C6H12BaO4. The fourth-order valence-electron chi connectivity index (χ4n) is 0. The Morgan fingerprint density at radius 2 is 1.09 bits per heavy atom. The van der Waals surface area contributed by atoms with Gasteiger partial charge in [-0.15, -0.1) is 0 Å². The molecule has 11 heavy (non-hydrogen) atoms. The molecule has 4 nitrogen and oxygen atoms in total. The minimum atomic E-state index is -0.745. The van der Waals surface area contributed by atoms with Crippen LogP contribution in [0.1, 0.15) is 26.7 Å². The third kappa shape index (κ3) is 37.4. The van der Waals surface area contributed by atoms with E-state index in [-0.39, 0.29) is 61.7 Å². The third-order valence-electron chi connectivity index (χ3n) is 0.605. The van der Waals surface area contributed by atoms with Crippen LogP contribution in [0.4, 0.5) is 0 Å². The Morgan fingerprint density at radius 1 is 1.00 bits per heavy atom. The molecule has 0 aliphatic heterocycles. The second-order valence-electron chi connectivity index (χ2n) is 1.49. The molecule has 0 fully saturated rings. The molecule has 0 aromatic rings. The first-order valence-electron chi connectivity index (χ1n) is 2.98. The van der Waals surface area contributed by atoms with Crippen molar-refractivity contribution in [3.63, 3.8) is 0 Å². The van der Waals surface area contributed by atoms with Crippen molar-refractivity contribution in [1.82, 2.24) is 0 Å². The summed E-state index contributed by atoms with van der Waals surface area (Å²) in [6.07, 6.45) is 0.444. The molecule has 0 aromatic heterocycles. The molecule has 0 saturated carbocycles. The zero-order valence-electron chi connectivity index (χ0n) is 6.83. The number of hydrogen-bond acceptors (Lipinski definition) is 2. The smallest absolute Gasteiger partial charge is 0.303 e. The molecule has 62 valence electrons. The summed E-state index contributed by atoms with van der Waals surface area (Å²) in [4.78, 5) is 18.7. The van der Waals surface area contributed by atoms with Gasteiger partial charge in [-0.3, -0.25) is 9.59 Å². The SMILES string of the molecule is CCC(=O)O.CCC(=O)O.[Ba]. The average molecular weight is 285 g/mol. The number of hydrogen-bond donors (Lipinski definition) is 2. The van der Waals surface area contributed by atoms with E-state index in [1.165, 1.54) is 0 Å². The van der Waals surface area contributed by atoms with Gasteiger partial charge in [0, 0.05) is 61.7 Å². The van der Waals surface area contributed by atoms with E-state index in [4.69, 9.17) is 10.2 Å². The predicted molar refractivity (Wildman–Crippen MR) is 41.6 cm³/mol. The van der Waals surface area contributed by atoms with Crippen molar-refractivity contribution in [2.75, 3.05) is 0 Å². The van der Waals surface area contributed by atoms with Crippen molar-refractivity contribution >= 4 is 60.8 Å². The van der Waals surface area contributed by atoms with Crippen molar-refractivity contribution in [2.24, 2.45) is 0 Å². The van der Waals surface area contributed by atoms with Crippen LogP contribution in [0, 0.1) is 0 Å². The van der Waals surface area contributed by atoms with Crippen molar-refractivity contribution in [1.29, 1.82) is 0 Å². The Bertz CT molecular complexity index is 99.1. The monoisotopic (exact) mass is 286 g/mol. The van der Waals surface area contributed by atoms with Gasteiger partial charge >= 0.3 is 11.9 Å². The van der Waals surface area contributed by atoms with E-state index < -0.39 is 11.9 Å². The number of carbonyl (C=O) groups is 2. The van der Waals surface area contributed by atoms with E-state index >= 15 is 0 Å². The minimum absolute atomic E-state index is 0. The summed E-state index contributed by atoms with van der Waals surface area (Å²) < 4.78 is 0. The summed E-state index contributed by atoms with van der Waals surface area (Å²) in [5, 5.41) is 15.4. The van der Waals surface area contributed by atoms with E-state index in [9.17, 15) is 9.59 Å². The van der Waals surface area contributed by atoms with Gasteiger partial charge < -0.3 is 10.2 Å². The molecule has 0 aromatic carbocycles. The maximum atomic E-state index is 9.37. The third-order valence-corrected chi connectivity index (χ3v) is 0.605.